The van der Waals surface area contributed by atoms with Crippen molar-refractivity contribution >= 4 is 16.7 Å². The van der Waals surface area contributed by atoms with E-state index in [2.05, 4.69) is 29.4 Å². The number of ether oxygens (including phenoxy) is 2. The van der Waals surface area contributed by atoms with Crippen LogP contribution in [0.15, 0.2) is 30.3 Å². The Bertz CT molecular complexity index is 980. The molecule has 0 fully saturated rings. The molecule has 1 aliphatic heterocycles. The van der Waals surface area contributed by atoms with Crippen molar-refractivity contribution in [1.29, 1.82) is 0 Å². The Labute approximate surface area is 158 Å². The lowest BCUT2D eigenvalue weighted by Crippen LogP contribution is -2.05. The number of anilines is 1. The highest BCUT2D eigenvalue weighted by atomic mass is 16.5. The molecule has 2 aromatic carbocycles. The number of nitrogens with one attached hydrogen (secondary N) is 1. The van der Waals surface area contributed by atoms with Gasteiger partial charge in [0.1, 0.15) is 30.0 Å². The Morgan fingerprint density at radius 2 is 2.19 bits per heavy atom. The van der Waals surface area contributed by atoms with Crippen molar-refractivity contribution in [2.45, 2.75) is 39.5 Å². The number of rotatable bonds is 6. The monoisotopic (exact) mass is 367 g/mol. The number of fused-ring (bicyclic) bond motifs is 2. The third-order valence-corrected chi connectivity index (χ3v) is 4.98. The highest BCUT2D eigenvalue weighted by Crippen LogP contribution is 2.35. The molecule has 1 aliphatic rings. The predicted molar refractivity (Wildman–Crippen MR) is 105 cm³/mol. The number of nitrogens with zero attached hydrogens (tertiary/aromatic N) is 2. The number of hydrogen-bond donors (Lipinski definition) is 2. The Morgan fingerprint density at radius 3 is 2.96 bits per heavy atom. The smallest absolute Gasteiger partial charge is 0.135 e. The van der Waals surface area contributed by atoms with E-state index in [4.69, 9.17) is 9.47 Å². The van der Waals surface area contributed by atoms with E-state index in [0.29, 0.717) is 19.0 Å². The number of aliphatic hydroxyl groups is 1. The maximum absolute atomic E-state index is 9.39. The molecule has 0 saturated heterocycles. The first kappa shape index (κ1) is 17.7. The quantitative estimate of drug-likeness (QED) is 0.699. The lowest BCUT2D eigenvalue weighted by atomic mass is 10.1. The summed E-state index contributed by atoms with van der Waals surface area (Å²) in [5.41, 5.74) is 5.12. The van der Waals surface area contributed by atoms with E-state index in [1.807, 2.05) is 36.7 Å². The van der Waals surface area contributed by atoms with Gasteiger partial charge in [0.25, 0.3) is 0 Å². The van der Waals surface area contributed by atoms with Crippen molar-refractivity contribution in [1.82, 2.24) is 9.55 Å². The van der Waals surface area contributed by atoms with Crippen LogP contribution in [0.3, 0.4) is 0 Å². The summed E-state index contributed by atoms with van der Waals surface area (Å²) in [5.74, 6) is 2.52. The minimum Gasteiger partial charge on any atom is -0.494 e. The minimum absolute atomic E-state index is 0.0702. The number of aryl methyl sites for hydroxylation is 1. The van der Waals surface area contributed by atoms with Crippen LogP contribution in [0.4, 0.5) is 5.69 Å². The molecule has 0 aliphatic carbocycles. The molecular weight excluding hydrogens is 342 g/mol. The van der Waals surface area contributed by atoms with E-state index in [1.54, 1.807) is 0 Å². The second kappa shape index (κ2) is 7.12. The van der Waals surface area contributed by atoms with Crippen molar-refractivity contribution in [3.63, 3.8) is 0 Å². The first-order valence-corrected chi connectivity index (χ1v) is 9.34. The minimum atomic E-state index is -0.0702. The van der Waals surface area contributed by atoms with Gasteiger partial charge in [-0.05, 0) is 44.2 Å². The molecule has 4 rings (SSSR count). The summed E-state index contributed by atoms with van der Waals surface area (Å²) in [6.07, 6.45) is 1.14. The van der Waals surface area contributed by atoms with E-state index in [1.165, 1.54) is 5.56 Å². The zero-order valence-electron chi connectivity index (χ0n) is 16.0. The van der Waals surface area contributed by atoms with Crippen molar-refractivity contribution in [2.75, 3.05) is 11.9 Å². The summed E-state index contributed by atoms with van der Waals surface area (Å²) in [4.78, 5) is 4.48. The third kappa shape index (κ3) is 3.32. The highest BCUT2D eigenvalue weighted by molar-refractivity contribution is 5.80. The van der Waals surface area contributed by atoms with Gasteiger partial charge in [0.15, 0.2) is 0 Å². The average Bonchev–Trinajstić information content (AvgIpc) is 3.18. The summed E-state index contributed by atoms with van der Waals surface area (Å²) in [7, 11) is 1.91. The van der Waals surface area contributed by atoms with Crippen LogP contribution < -0.4 is 14.8 Å². The van der Waals surface area contributed by atoms with Crippen molar-refractivity contribution < 1.29 is 14.6 Å². The standard InChI is InChI=1S/C21H25N3O3/c1-4-26-19-8-14-7-13(2)27-20(14)9-15(19)11-22-16-5-6-18-17(10-16)23-21(12-25)24(18)3/h5-6,8-10,13,22,25H,4,7,11-12H2,1-3H3. The fourth-order valence-electron chi connectivity index (χ4n) is 3.61. The third-order valence-electron chi connectivity index (χ3n) is 4.98. The van der Waals surface area contributed by atoms with Crippen LogP contribution >= 0.6 is 0 Å². The van der Waals surface area contributed by atoms with Gasteiger partial charge in [0, 0.05) is 36.8 Å². The van der Waals surface area contributed by atoms with Gasteiger partial charge in [0.05, 0.1) is 17.6 Å². The van der Waals surface area contributed by atoms with Crippen molar-refractivity contribution in [3.05, 3.63) is 47.3 Å². The van der Waals surface area contributed by atoms with Crippen LogP contribution in [0.1, 0.15) is 30.8 Å². The second-order valence-corrected chi connectivity index (χ2v) is 6.94. The topological polar surface area (TPSA) is 68.5 Å². The molecule has 0 bridgehead atoms. The maximum atomic E-state index is 9.39. The average molecular weight is 367 g/mol. The van der Waals surface area contributed by atoms with E-state index in [0.717, 1.165) is 40.2 Å². The summed E-state index contributed by atoms with van der Waals surface area (Å²) in [6, 6.07) is 10.2. The van der Waals surface area contributed by atoms with Crippen molar-refractivity contribution in [2.24, 2.45) is 7.05 Å². The molecule has 0 saturated carbocycles. The molecule has 1 aromatic heterocycles. The SMILES string of the molecule is CCOc1cc2c(cc1CNc1ccc3c(c1)nc(CO)n3C)OC(C)C2. The number of aliphatic hydroxyl groups excluding tert-OH is 1. The Kier molecular flexibility index (Phi) is 4.66. The van der Waals surface area contributed by atoms with Crippen LogP contribution in [-0.4, -0.2) is 27.4 Å². The van der Waals surface area contributed by atoms with Gasteiger partial charge in [-0.2, -0.15) is 0 Å². The molecule has 0 spiro atoms. The zero-order valence-corrected chi connectivity index (χ0v) is 16.0. The Balaban J connectivity index is 1.58. The van der Waals surface area contributed by atoms with Gasteiger partial charge in [0.2, 0.25) is 0 Å². The van der Waals surface area contributed by atoms with Gasteiger partial charge in [-0.15, -0.1) is 0 Å². The van der Waals surface area contributed by atoms with E-state index in [9.17, 15) is 5.11 Å². The van der Waals surface area contributed by atoms with Crippen LogP contribution in [0.2, 0.25) is 0 Å². The zero-order chi connectivity index (χ0) is 19.0. The molecular formula is C21H25N3O3. The van der Waals surface area contributed by atoms with Gasteiger partial charge in [-0.3, -0.25) is 0 Å². The number of hydrogen-bond acceptors (Lipinski definition) is 5. The van der Waals surface area contributed by atoms with Gasteiger partial charge >= 0.3 is 0 Å². The van der Waals surface area contributed by atoms with E-state index in [-0.39, 0.29) is 12.7 Å². The molecule has 1 atom stereocenters. The molecule has 6 heteroatoms. The summed E-state index contributed by atoms with van der Waals surface area (Å²) < 4.78 is 13.7. The highest BCUT2D eigenvalue weighted by Gasteiger charge is 2.21. The molecule has 0 amide bonds. The van der Waals surface area contributed by atoms with Gasteiger partial charge in [-0.25, -0.2) is 4.98 Å². The number of aromatic nitrogens is 2. The molecule has 27 heavy (non-hydrogen) atoms. The van der Waals surface area contributed by atoms with Gasteiger partial charge < -0.3 is 24.5 Å². The number of benzene rings is 2. The molecule has 142 valence electrons. The van der Waals surface area contributed by atoms with E-state index < -0.39 is 0 Å². The summed E-state index contributed by atoms with van der Waals surface area (Å²) in [6.45, 7) is 5.27. The normalized spacial score (nSPS) is 15.6. The lowest BCUT2D eigenvalue weighted by molar-refractivity contribution is 0.254. The molecule has 1 unspecified atom stereocenters. The van der Waals surface area contributed by atoms with E-state index >= 15 is 0 Å². The lowest BCUT2D eigenvalue weighted by Gasteiger charge is -2.14. The van der Waals surface area contributed by atoms with Crippen LogP contribution in [0.25, 0.3) is 11.0 Å². The van der Waals surface area contributed by atoms with Crippen molar-refractivity contribution in [3.8, 4) is 11.5 Å². The van der Waals surface area contributed by atoms with Crippen LogP contribution in [-0.2, 0) is 26.6 Å². The second-order valence-electron chi connectivity index (χ2n) is 6.94. The molecule has 6 nitrogen and oxygen atoms in total. The maximum Gasteiger partial charge on any atom is 0.135 e. The van der Waals surface area contributed by atoms with Gasteiger partial charge in [-0.1, -0.05) is 0 Å². The summed E-state index contributed by atoms with van der Waals surface area (Å²) in [5, 5.41) is 12.8. The largest absolute Gasteiger partial charge is 0.494 e. The molecule has 0 radical (unpaired) electrons. The number of imidazole rings is 1. The first-order chi connectivity index (χ1) is 13.1. The molecule has 3 aromatic rings. The Morgan fingerprint density at radius 1 is 1.33 bits per heavy atom. The fraction of sp³-hybridized carbons (Fsp3) is 0.381. The first-order valence-electron chi connectivity index (χ1n) is 9.34. The Hall–Kier alpha value is -2.73. The summed E-state index contributed by atoms with van der Waals surface area (Å²) >= 11 is 0. The predicted octanol–water partition coefficient (Wildman–Crippen LogP) is 3.40. The molecule has 2 heterocycles. The van der Waals surface area contributed by atoms with Crippen LogP contribution in [0, 0.1) is 0 Å². The fourth-order valence-corrected chi connectivity index (χ4v) is 3.61. The van der Waals surface area contributed by atoms with Crippen LogP contribution in [0.5, 0.6) is 11.5 Å². The molecule has 2 N–H and O–H groups in total.